The second-order valence-corrected chi connectivity index (χ2v) is 6.07. The van der Waals surface area contributed by atoms with Gasteiger partial charge in [-0.15, -0.1) is 0 Å². The number of Topliss-reactive ketones (excluding diaryl/α,β-unsaturated/α-hetero) is 1. The lowest BCUT2D eigenvalue weighted by atomic mass is 9.75. The van der Waals surface area contributed by atoms with Gasteiger partial charge in [-0.05, 0) is 24.6 Å². The van der Waals surface area contributed by atoms with E-state index in [0.717, 1.165) is 12.3 Å². The number of carbonyl (C=O) groups is 1. The number of alkyl halides is 3. The van der Waals surface area contributed by atoms with Gasteiger partial charge in [-0.25, -0.2) is 4.99 Å². The molecule has 0 N–H and O–H groups in total. The van der Waals surface area contributed by atoms with Gasteiger partial charge in [0.25, 0.3) is 0 Å². The maximum atomic E-state index is 13.9. The summed E-state index contributed by atoms with van der Waals surface area (Å²) in [4.78, 5) is 16.7. The van der Waals surface area contributed by atoms with Crippen molar-refractivity contribution in [1.82, 2.24) is 0 Å². The molecule has 0 amide bonds. The average molecular weight is 392 g/mol. The molecule has 1 aromatic carbocycles. The van der Waals surface area contributed by atoms with E-state index in [9.17, 15) is 18.0 Å². The number of methoxy groups -OCH3 is 3. The molecule has 1 atom stereocenters. The van der Waals surface area contributed by atoms with Crippen LogP contribution in [-0.4, -0.2) is 38.5 Å². The van der Waals surface area contributed by atoms with Crippen LogP contribution in [0.15, 0.2) is 23.3 Å². The summed E-state index contributed by atoms with van der Waals surface area (Å²) < 4.78 is 57.3. The average Bonchev–Trinajstić information content (AvgIpc) is 2.58. The minimum atomic E-state index is -4.89. The van der Waals surface area contributed by atoms with Gasteiger partial charge in [0.1, 0.15) is 5.17 Å². The molecule has 1 unspecified atom stereocenters. The zero-order valence-electron chi connectivity index (χ0n) is 14.5. The van der Waals surface area contributed by atoms with Gasteiger partial charge in [-0.2, -0.15) is 13.2 Å². The molecule has 1 aliphatic heterocycles. The Bertz CT molecular complexity index is 789. The third-order valence-electron chi connectivity index (χ3n) is 4.16. The highest BCUT2D eigenvalue weighted by Crippen LogP contribution is 2.51. The van der Waals surface area contributed by atoms with E-state index in [2.05, 4.69) is 4.99 Å². The molecule has 0 bridgehead atoms. The van der Waals surface area contributed by atoms with Crippen LogP contribution in [0.3, 0.4) is 0 Å². The summed E-state index contributed by atoms with van der Waals surface area (Å²) in [6.45, 7) is 1.49. The molecular formula is C17H17ClF3NO4. The third-order valence-corrected chi connectivity index (χ3v) is 4.39. The molecule has 1 aromatic rings. The van der Waals surface area contributed by atoms with Crippen molar-refractivity contribution in [2.45, 2.75) is 19.5 Å². The monoisotopic (exact) mass is 391 g/mol. The van der Waals surface area contributed by atoms with Crippen molar-refractivity contribution in [2.75, 3.05) is 21.3 Å². The van der Waals surface area contributed by atoms with Crippen molar-refractivity contribution >= 4 is 22.6 Å². The molecule has 1 aliphatic rings. The topological polar surface area (TPSA) is 57.1 Å². The Morgan fingerprint density at radius 2 is 1.81 bits per heavy atom. The number of carbonyl (C=O) groups excluding carboxylic acids is 1. The number of aryl methyl sites for hydroxylation is 1. The summed E-state index contributed by atoms with van der Waals surface area (Å²) in [6.07, 6.45) is -4.07. The normalized spacial score (nSPS) is 19.8. The fourth-order valence-electron chi connectivity index (χ4n) is 2.84. The Morgan fingerprint density at radius 1 is 1.19 bits per heavy atom. The lowest BCUT2D eigenvalue weighted by molar-refractivity contribution is -0.185. The molecule has 9 heteroatoms. The van der Waals surface area contributed by atoms with Crippen LogP contribution in [-0.2, 0) is 0 Å². The van der Waals surface area contributed by atoms with Gasteiger partial charge < -0.3 is 14.2 Å². The molecule has 5 nitrogen and oxygen atoms in total. The lowest BCUT2D eigenvalue weighted by Gasteiger charge is -2.33. The molecule has 0 spiro atoms. The predicted molar refractivity (Wildman–Crippen MR) is 90.7 cm³/mol. The molecular weight excluding hydrogens is 375 g/mol. The first kappa shape index (κ1) is 20.1. The number of ether oxygens (including phenoxy) is 3. The Balaban J connectivity index is 2.76. The van der Waals surface area contributed by atoms with Crippen molar-refractivity contribution in [3.8, 4) is 17.2 Å². The summed E-state index contributed by atoms with van der Waals surface area (Å²) in [6, 6.07) is 1.42. The van der Waals surface area contributed by atoms with E-state index < -0.39 is 23.8 Å². The number of nitrogens with zero attached hydrogens (tertiary/aromatic N) is 1. The Labute approximate surface area is 153 Å². The van der Waals surface area contributed by atoms with E-state index in [1.54, 1.807) is 0 Å². The fraction of sp³-hybridized carbons (Fsp3) is 0.412. The van der Waals surface area contributed by atoms with Gasteiger partial charge in [0.2, 0.25) is 5.75 Å². The second-order valence-electron chi connectivity index (χ2n) is 5.63. The summed E-state index contributed by atoms with van der Waals surface area (Å²) in [5, 5.41) is -0.310. The van der Waals surface area contributed by atoms with Gasteiger partial charge in [-0.3, -0.25) is 4.79 Å². The van der Waals surface area contributed by atoms with Crippen LogP contribution >= 0.6 is 11.6 Å². The Kier molecular flexibility index (Phi) is 5.55. The van der Waals surface area contributed by atoms with Crippen molar-refractivity contribution in [3.63, 3.8) is 0 Å². The van der Waals surface area contributed by atoms with E-state index in [4.69, 9.17) is 25.8 Å². The Morgan fingerprint density at radius 3 is 2.27 bits per heavy atom. The third kappa shape index (κ3) is 3.13. The SMILES string of the molecule is COc1cc(C)c(C(=O)C2(C(F)(F)F)C=CN=C(Cl)C2)c(OC)c1OC. The van der Waals surface area contributed by atoms with Crippen LogP contribution in [0.1, 0.15) is 22.3 Å². The number of aliphatic imine (C=N–C) groups is 1. The molecule has 0 aliphatic carbocycles. The molecule has 2 rings (SSSR count). The van der Waals surface area contributed by atoms with Crippen LogP contribution < -0.4 is 14.2 Å². The van der Waals surface area contributed by atoms with E-state index in [1.807, 2.05) is 0 Å². The Hall–Kier alpha value is -2.22. The van der Waals surface area contributed by atoms with Crippen molar-refractivity contribution in [1.29, 1.82) is 0 Å². The van der Waals surface area contributed by atoms with Gasteiger partial charge >= 0.3 is 6.18 Å². The van der Waals surface area contributed by atoms with Gasteiger partial charge in [0.05, 0.1) is 26.9 Å². The van der Waals surface area contributed by atoms with Crippen LogP contribution in [0.25, 0.3) is 0 Å². The van der Waals surface area contributed by atoms with Crippen molar-refractivity contribution < 1.29 is 32.2 Å². The number of rotatable bonds is 5. The number of benzene rings is 1. The molecule has 0 saturated carbocycles. The lowest BCUT2D eigenvalue weighted by Crippen LogP contribution is -2.46. The minimum Gasteiger partial charge on any atom is -0.493 e. The quantitative estimate of drug-likeness (QED) is 0.702. The maximum absolute atomic E-state index is 13.9. The second kappa shape index (κ2) is 7.19. The fourth-order valence-corrected chi connectivity index (χ4v) is 3.11. The maximum Gasteiger partial charge on any atom is 0.405 e. The molecule has 0 fully saturated rings. The number of hydrogen-bond acceptors (Lipinski definition) is 5. The highest BCUT2D eigenvalue weighted by molar-refractivity contribution is 6.65. The number of halogens is 4. The molecule has 26 heavy (non-hydrogen) atoms. The van der Waals surface area contributed by atoms with Crippen molar-refractivity contribution in [2.24, 2.45) is 10.4 Å². The first-order valence-electron chi connectivity index (χ1n) is 7.44. The van der Waals surface area contributed by atoms with Gasteiger partial charge in [-0.1, -0.05) is 11.6 Å². The van der Waals surface area contributed by atoms with Crippen LogP contribution in [0.2, 0.25) is 0 Å². The minimum absolute atomic E-state index is 0.0285. The highest BCUT2D eigenvalue weighted by Gasteiger charge is 2.60. The highest BCUT2D eigenvalue weighted by atomic mass is 35.5. The smallest absolute Gasteiger partial charge is 0.405 e. The van der Waals surface area contributed by atoms with Crippen molar-refractivity contribution in [3.05, 3.63) is 29.5 Å². The van der Waals surface area contributed by atoms with Crippen LogP contribution in [0.5, 0.6) is 17.2 Å². The summed E-state index contributed by atoms with van der Waals surface area (Å²) in [5.74, 6) is -1.08. The summed E-state index contributed by atoms with van der Waals surface area (Å²) in [5.41, 5.74) is -2.85. The summed E-state index contributed by atoms with van der Waals surface area (Å²) in [7, 11) is 3.90. The molecule has 0 saturated heterocycles. The van der Waals surface area contributed by atoms with Crippen LogP contribution in [0.4, 0.5) is 13.2 Å². The first-order chi connectivity index (χ1) is 12.1. The molecule has 0 radical (unpaired) electrons. The van der Waals surface area contributed by atoms with Crippen LogP contribution in [0, 0.1) is 12.3 Å². The molecule has 142 valence electrons. The van der Waals surface area contributed by atoms with E-state index in [-0.39, 0.29) is 33.5 Å². The largest absolute Gasteiger partial charge is 0.493 e. The standard InChI is InChI=1S/C17H17ClF3NO4/c1-9-7-10(24-2)13(25-3)14(26-4)12(9)15(23)16(17(19,20)21)5-6-22-11(18)8-16/h5-7H,8H2,1-4H3. The number of allylic oxidation sites excluding steroid dienone is 1. The zero-order valence-corrected chi connectivity index (χ0v) is 15.3. The molecule has 0 aromatic heterocycles. The summed E-state index contributed by atoms with van der Waals surface area (Å²) >= 11 is 5.73. The van der Waals surface area contributed by atoms with E-state index in [1.165, 1.54) is 34.3 Å². The van der Waals surface area contributed by atoms with E-state index in [0.29, 0.717) is 0 Å². The molecule has 1 heterocycles. The number of hydrogen-bond donors (Lipinski definition) is 0. The van der Waals surface area contributed by atoms with Gasteiger partial charge in [0.15, 0.2) is 22.7 Å². The predicted octanol–water partition coefficient (Wildman–Crippen LogP) is 4.31. The number of ketones is 1. The van der Waals surface area contributed by atoms with Gasteiger partial charge in [0, 0.05) is 12.6 Å². The zero-order chi connectivity index (χ0) is 19.7. The first-order valence-corrected chi connectivity index (χ1v) is 7.81. The van der Waals surface area contributed by atoms with E-state index >= 15 is 0 Å².